The van der Waals surface area contributed by atoms with Crippen LogP contribution in [-0.2, 0) is 20.9 Å². The molecule has 25 heavy (non-hydrogen) atoms. The molecule has 0 radical (unpaired) electrons. The molecule has 1 aromatic carbocycles. The van der Waals surface area contributed by atoms with Gasteiger partial charge in [0, 0.05) is 33.7 Å². The molecule has 2 atom stereocenters. The molecule has 0 unspecified atom stereocenters. The Kier molecular flexibility index (Phi) is 5.24. The zero-order valence-electron chi connectivity index (χ0n) is 15.0. The Morgan fingerprint density at radius 2 is 2.00 bits per heavy atom. The number of methoxy groups -OCH3 is 1. The second-order valence-corrected chi connectivity index (χ2v) is 6.77. The van der Waals surface area contributed by atoms with Crippen LogP contribution in [0.3, 0.4) is 0 Å². The predicted molar refractivity (Wildman–Crippen MR) is 92.2 cm³/mol. The molecule has 0 bridgehead atoms. The highest BCUT2D eigenvalue weighted by molar-refractivity contribution is 5.79. The standard InChI is InChI=1S/C18H25N3O4/c1-19(2)17(22)11-20-9-15-16(10-20)25-12-18(23)21(15)8-13-4-6-14(24-3)7-5-13/h4-7,15-16H,8-12H2,1-3H3/t15-,16-/m0/s1. The van der Waals surface area contributed by atoms with Crippen molar-refractivity contribution in [1.82, 2.24) is 14.7 Å². The molecule has 2 amide bonds. The molecule has 7 nitrogen and oxygen atoms in total. The third-order valence-electron chi connectivity index (χ3n) is 4.82. The van der Waals surface area contributed by atoms with Gasteiger partial charge in [-0.2, -0.15) is 0 Å². The Hall–Kier alpha value is -2.12. The molecule has 0 N–H and O–H groups in total. The van der Waals surface area contributed by atoms with Gasteiger partial charge in [-0.05, 0) is 17.7 Å². The van der Waals surface area contributed by atoms with E-state index < -0.39 is 0 Å². The molecule has 7 heteroatoms. The quantitative estimate of drug-likeness (QED) is 0.761. The SMILES string of the molecule is COc1ccc(CN2C(=O)CO[C@H]3CN(CC(=O)N(C)C)C[C@@H]32)cc1. The van der Waals surface area contributed by atoms with E-state index in [2.05, 4.69) is 4.90 Å². The number of morpholine rings is 1. The summed E-state index contributed by atoms with van der Waals surface area (Å²) in [6.07, 6.45) is -0.0362. The van der Waals surface area contributed by atoms with Gasteiger partial charge in [0.25, 0.3) is 0 Å². The molecule has 2 aliphatic rings. The molecule has 136 valence electrons. The van der Waals surface area contributed by atoms with Gasteiger partial charge >= 0.3 is 0 Å². The number of benzene rings is 1. The molecule has 2 aliphatic heterocycles. The molecule has 2 saturated heterocycles. The van der Waals surface area contributed by atoms with Crippen molar-refractivity contribution in [3.8, 4) is 5.75 Å². The van der Waals surface area contributed by atoms with Gasteiger partial charge in [-0.25, -0.2) is 0 Å². The number of rotatable bonds is 5. The number of nitrogens with zero attached hydrogens (tertiary/aromatic N) is 3. The molecule has 0 aliphatic carbocycles. The van der Waals surface area contributed by atoms with Crippen molar-refractivity contribution >= 4 is 11.8 Å². The first-order valence-corrected chi connectivity index (χ1v) is 8.44. The van der Waals surface area contributed by atoms with Gasteiger partial charge in [0.1, 0.15) is 12.4 Å². The topological polar surface area (TPSA) is 62.3 Å². The van der Waals surface area contributed by atoms with Gasteiger partial charge in [-0.15, -0.1) is 0 Å². The maximum absolute atomic E-state index is 12.4. The number of hydrogen-bond donors (Lipinski definition) is 0. The van der Waals surface area contributed by atoms with Crippen molar-refractivity contribution in [2.75, 3.05) is 47.4 Å². The maximum Gasteiger partial charge on any atom is 0.249 e. The molecule has 0 aromatic heterocycles. The lowest BCUT2D eigenvalue weighted by molar-refractivity contribution is -0.153. The van der Waals surface area contributed by atoms with Crippen LogP contribution in [0.1, 0.15) is 5.56 Å². The number of ether oxygens (including phenoxy) is 2. The van der Waals surface area contributed by atoms with Crippen LogP contribution >= 0.6 is 0 Å². The van der Waals surface area contributed by atoms with E-state index in [0.717, 1.165) is 11.3 Å². The maximum atomic E-state index is 12.4. The summed E-state index contributed by atoms with van der Waals surface area (Å²) >= 11 is 0. The molecule has 0 saturated carbocycles. The minimum absolute atomic E-state index is 0.00199. The number of hydrogen-bond acceptors (Lipinski definition) is 5. The average Bonchev–Trinajstić information content (AvgIpc) is 3.00. The van der Waals surface area contributed by atoms with Crippen LogP contribution in [0.25, 0.3) is 0 Å². The highest BCUT2D eigenvalue weighted by atomic mass is 16.5. The fourth-order valence-corrected chi connectivity index (χ4v) is 3.34. The fourth-order valence-electron chi connectivity index (χ4n) is 3.34. The van der Waals surface area contributed by atoms with Crippen LogP contribution in [0.5, 0.6) is 5.75 Å². The Bertz CT molecular complexity index is 632. The first-order valence-electron chi connectivity index (χ1n) is 8.44. The Labute approximate surface area is 148 Å². The molecule has 1 aromatic rings. The van der Waals surface area contributed by atoms with E-state index in [4.69, 9.17) is 9.47 Å². The highest BCUT2D eigenvalue weighted by Crippen LogP contribution is 2.25. The number of likely N-dealkylation sites (tertiary alicyclic amines) is 1. The van der Waals surface area contributed by atoms with Gasteiger partial charge < -0.3 is 19.3 Å². The lowest BCUT2D eigenvalue weighted by Gasteiger charge is -2.36. The van der Waals surface area contributed by atoms with Crippen LogP contribution in [-0.4, -0.2) is 86.1 Å². The third-order valence-corrected chi connectivity index (χ3v) is 4.82. The smallest absolute Gasteiger partial charge is 0.249 e. The van der Waals surface area contributed by atoms with E-state index in [1.807, 2.05) is 29.2 Å². The van der Waals surface area contributed by atoms with E-state index in [1.54, 1.807) is 26.1 Å². The Morgan fingerprint density at radius 1 is 1.28 bits per heavy atom. The summed E-state index contributed by atoms with van der Waals surface area (Å²) in [7, 11) is 5.14. The van der Waals surface area contributed by atoms with Gasteiger partial charge in [-0.3, -0.25) is 14.5 Å². The zero-order valence-corrected chi connectivity index (χ0v) is 15.0. The summed E-state index contributed by atoms with van der Waals surface area (Å²) in [6, 6.07) is 7.72. The van der Waals surface area contributed by atoms with Crippen LogP contribution < -0.4 is 4.74 Å². The first kappa shape index (κ1) is 17.7. The first-order chi connectivity index (χ1) is 12.0. The predicted octanol–water partition coefficient (Wildman–Crippen LogP) is 0.195. The summed E-state index contributed by atoms with van der Waals surface area (Å²) in [5, 5.41) is 0. The summed E-state index contributed by atoms with van der Waals surface area (Å²) in [4.78, 5) is 29.9. The Morgan fingerprint density at radius 3 is 2.64 bits per heavy atom. The molecular weight excluding hydrogens is 322 g/mol. The van der Waals surface area contributed by atoms with Crippen molar-refractivity contribution in [1.29, 1.82) is 0 Å². The normalized spacial score (nSPS) is 23.5. The number of carbonyl (C=O) groups is 2. The molecule has 2 fully saturated rings. The monoisotopic (exact) mass is 347 g/mol. The van der Waals surface area contributed by atoms with E-state index in [1.165, 1.54) is 0 Å². The van der Waals surface area contributed by atoms with Crippen molar-refractivity contribution in [2.45, 2.75) is 18.7 Å². The Balaban J connectivity index is 1.68. The largest absolute Gasteiger partial charge is 0.497 e. The van der Waals surface area contributed by atoms with Gasteiger partial charge in [0.15, 0.2) is 0 Å². The summed E-state index contributed by atoms with van der Waals surface area (Å²) in [5.41, 5.74) is 1.05. The number of amides is 2. The fraction of sp³-hybridized carbons (Fsp3) is 0.556. The van der Waals surface area contributed by atoms with Crippen molar-refractivity contribution in [3.63, 3.8) is 0 Å². The lowest BCUT2D eigenvalue weighted by Crippen LogP contribution is -2.53. The molecule has 3 rings (SSSR count). The highest BCUT2D eigenvalue weighted by Gasteiger charge is 2.43. The number of likely N-dealkylation sites (N-methyl/N-ethyl adjacent to an activating group) is 1. The second kappa shape index (κ2) is 7.41. The van der Waals surface area contributed by atoms with Crippen LogP contribution in [0.4, 0.5) is 0 Å². The van der Waals surface area contributed by atoms with Crippen LogP contribution in [0.15, 0.2) is 24.3 Å². The summed E-state index contributed by atoms with van der Waals surface area (Å²) in [6.45, 7) is 2.34. The zero-order chi connectivity index (χ0) is 18.0. The lowest BCUT2D eigenvalue weighted by atomic mass is 10.1. The molecule has 0 spiro atoms. The van der Waals surface area contributed by atoms with Crippen molar-refractivity contribution < 1.29 is 19.1 Å². The van der Waals surface area contributed by atoms with Crippen molar-refractivity contribution in [3.05, 3.63) is 29.8 Å². The number of fused-ring (bicyclic) bond motifs is 1. The van der Waals surface area contributed by atoms with Gasteiger partial charge in [0.2, 0.25) is 11.8 Å². The van der Waals surface area contributed by atoms with Gasteiger partial charge in [-0.1, -0.05) is 12.1 Å². The van der Waals surface area contributed by atoms with Gasteiger partial charge in [0.05, 0.1) is 25.8 Å². The minimum atomic E-state index is -0.0362. The molecular formula is C18H25N3O4. The summed E-state index contributed by atoms with van der Waals surface area (Å²) in [5.74, 6) is 0.855. The minimum Gasteiger partial charge on any atom is -0.497 e. The van der Waals surface area contributed by atoms with Crippen LogP contribution in [0.2, 0.25) is 0 Å². The van der Waals surface area contributed by atoms with Crippen LogP contribution in [0, 0.1) is 0 Å². The molecule has 2 heterocycles. The third kappa shape index (κ3) is 3.93. The number of carbonyl (C=O) groups excluding carboxylic acids is 2. The van der Waals surface area contributed by atoms with E-state index in [9.17, 15) is 9.59 Å². The van der Waals surface area contributed by atoms with E-state index in [-0.39, 0.29) is 30.6 Å². The summed E-state index contributed by atoms with van der Waals surface area (Å²) < 4.78 is 10.9. The second-order valence-electron chi connectivity index (χ2n) is 6.77. The van der Waals surface area contributed by atoms with E-state index in [0.29, 0.717) is 26.2 Å². The van der Waals surface area contributed by atoms with Crippen molar-refractivity contribution in [2.24, 2.45) is 0 Å². The average molecular weight is 347 g/mol. The van der Waals surface area contributed by atoms with E-state index >= 15 is 0 Å².